The summed E-state index contributed by atoms with van der Waals surface area (Å²) in [5.41, 5.74) is -0.510. The van der Waals surface area contributed by atoms with E-state index in [-0.39, 0.29) is 25.0 Å². The van der Waals surface area contributed by atoms with Crippen molar-refractivity contribution in [3.63, 3.8) is 0 Å². The lowest BCUT2D eigenvalue weighted by Crippen LogP contribution is -2.40. The third-order valence-corrected chi connectivity index (χ3v) is 4.03. The van der Waals surface area contributed by atoms with Crippen LogP contribution in [0.1, 0.15) is 19.8 Å². The Labute approximate surface area is 107 Å². The fourth-order valence-corrected chi connectivity index (χ4v) is 3.00. The SMILES string of the molecule is COCNC(=O)OCC1(C(C)=O)CC2C=CC1C2. The first-order valence-electron chi connectivity index (χ1n) is 6.17. The van der Waals surface area contributed by atoms with Gasteiger partial charge in [0.1, 0.15) is 19.1 Å². The van der Waals surface area contributed by atoms with Gasteiger partial charge in [-0.3, -0.25) is 10.1 Å². The quantitative estimate of drug-likeness (QED) is 0.595. The molecule has 3 unspecified atom stereocenters. The fraction of sp³-hybridized carbons (Fsp3) is 0.692. The number of amides is 1. The second-order valence-electron chi connectivity index (χ2n) is 5.09. The van der Waals surface area contributed by atoms with E-state index in [0.29, 0.717) is 5.92 Å². The summed E-state index contributed by atoms with van der Waals surface area (Å²) in [6.45, 7) is 1.85. The number of carbonyl (C=O) groups excluding carboxylic acids is 2. The van der Waals surface area contributed by atoms with E-state index in [0.717, 1.165) is 12.8 Å². The van der Waals surface area contributed by atoms with Gasteiger partial charge in [-0.25, -0.2) is 4.79 Å². The average Bonchev–Trinajstić information content (AvgIpc) is 2.94. The molecular formula is C13H19NO4. The number of rotatable bonds is 5. The van der Waals surface area contributed by atoms with E-state index in [4.69, 9.17) is 9.47 Å². The van der Waals surface area contributed by atoms with E-state index in [9.17, 15) is 9.59 Å². The predicted octanol–water partition coefficient (Wildman–Crippen LogP) is 1.49. The predicted molar refractivity (Wildman–Crippen MR) is 64.8 cm³/mol. The third kappa shape index (κ3) is 2.27. The second-order valence-corrected chi connectivity index (χ2v) is 5.09. The highest BCUT2D eigenvalue weighted by atomic mass is 16.6. The lowest BCUT2D eigenvalue weighted by atomic mass is 9.73. The van der Waals surface area contributed by atoms with Gasteiger partial charge in [-0.2, -0.15) is 0 Å². The number of ether oxygens (including phenoxy) is 2. The molecule has 2 aliphatic carbocycles. The van der Waals surface area contributed by atoms with Gasteiger partial charge < -0.3 is 9.47 Å². The van der Waals surface area contributed by atoms with Crippen molar-refractivity contribution in [3.8, 4) is 0 Å². The molecule has 2 aliphatic rings. The van der Waals surface area contributed by atoms with Gasteiger partial charge in [0.05, 0.1) is 5.41 Å². The molecule has 0 aromatic heterocycles. The summed E-state index contributed by atoms with van der Waals surface area (Å²) in [6.07, 6.45) is 5.51. The Bertz CT molecular complexity index is 379. The molecule has 18 heavy (non-hydrogen) atoms. The number of fused-ring (bicyclic) bond motifs is 2. The molecule has 0 heterocycles. The zero-order valence-electron chi connectivity index (χ0n) is 10.8. The van der Waals surface area contributed by atoms with Gasteiger partial charge in [-0.1, -0.05) is 12.2 Å². The van der Waals surface area contributed by atoms with Crippen molar-refractivity contribution in [1.82, 2.24) is 5.32 Å². The van der Waals surface area contributed by atoms with Crippen molar-refractivity contribution in [2.24, 2.45) is 17.3 Å². The first kappa shape index (κ1) is 13.1. The van der Waals surface area contributed by atoms with Gasteiger partial charge in [-0.05, 0) is 31.6 Å². The highest BCUT2D eigenvalue weighted by molar-refractivity contribution is 5.84. The standard InChI is InChI=1S/C13H19NO4/c1-9(15)13(6-10-3-4-11(13)5-10)7-18-12(16)14-8-17-2/h3-4,10-11H,5-8H2,1-2H3,(H,14,16). The van der Waals surface area contributed by atoms with E-state index in [1.54, 1.807) is 6.92 Å². The number of alkyl carbamates (subject to hydrolysis) is 1. The van der Waals surface area contributed by atoms with Crippen LogP contribution in [0.2, 0.25) is 0 Å². The average molecular weight is 253 g/mol. The van der Waals surface area contributed by atoms with Crippen LogP contribution in [0, 0.1) is 17.3 Å². The zero-order chi connectivity index (χ0) is 13.2. The molecule has 1 fully saturated rings. The van der Waals surface area contributed by atoms with Crippen LogP contribution in [0.4, 0.5) is 4.79 Å². The third-order valence-electron chi connectivity index (χ3n) is 4.03. The monoisotopic (exact) mass is 253 g/mol. The largest absolute Gasteiger partial charge is 0.448 e. The van der Waals surface area contributed by atoms with Gasteiger partial charge in [0.2, 0.25) is 0 Å². The van der Waals surface area contributed by atoms with Crippen molar-refractivity contribution in [3.05, 3.63) is 12.2 Å². The molecular weight excluding hydrogens is 234 g/mol. The molecule has 3 atom stereocenters. The van der Waals surface area contributed by atoms with Crippen LogP contribution in [-0.2, 0) is 14.3 Å². The number of methoxy groups -OCH3 is 1. The molecule has 0 aromatic carbocycles. The minimum Gasteiger partial charge on any atom is -0.448 e. The molecule has 0 saturated heterocycles. The van der Waals surface area contributed by atoms with Crippen LogP contribution >= 0.6 is 0 Å². The summed E-state index contributed by atoms with van der Waals surface area (Å²) in [5.74, 6) is 0.790. The van der Waals surface area contributed by atoms with Crippen molar-refractivity contribution in [1.29, 1.82) is 0 Å². The van der Waals surface area contributed by atoms with Crippen LogP contribution in [0.25, 0.3) is 0 Å². The summed E-state index contributed by atoms with van der Waals surface area (Å²) >= 11 is 0. The lowest BCUT2D eigenvalue weighted by Gasteiger charge is -2.32. The van der Waals surface area contributed by atoms with Crippen molar-refractivity contribution < 1.29 is 19.1 Å². The van der Waals surface area contributed by atoms with Gasteiger partial charge in [0.25, 0.3) is 0 Å². The molecule has 1 N–H and O–H groups in total. The van der Waals surface area contributed by atoms with Crippen LogP contribution in [-0.4, -0.2) is 32.3 Å². The topological polar surface area (TPSA) is 64.6 Å². The maximum Gasteiger partial charge on any atom is 0.408 e. The second kappa shape index (κ2) is 5.10. The highest BCUT2D eigenvalue weighted by Crippen LogP contribution is 2.52. The summed E-state index contributed by atoms with van der Waals surface area (Å²) in [4.78, 5) is 23.3. The minimum absolute atomic E-state index is 0.109. The molecule has 1 saturated carbocycles. The number of allylic oxidation sites excluding steroid dienone is 2. The molecule has 0 aromatic rings. The first-order valence-corrected chi connectivity index (χ1v) is 6.17. The Morgan fingerprint density at radius 2 is 2.22 bits per heavy atom. The lowest BCUT2D eigenvalue weighted by molar-refractivity contribution is -0.130. The van der Waals surface area contributed by atoms with E-state index in [1.165, 1.54) is 7.11 Å². The molecule has 2 bridgehead atoms. The van der Waals surface area contributed by atoms with Gasteiger partial charge >= 0.3 is 6.09 Å². The minimum atomic E-state index is -0.538. The maximum absolute atomic E-state index is 11.9. The van der Waals surface area contributed by atoms with E-state index in [1.807, 2.05) is 0 Å². The Morgan fingerprint density at radius 1 is 1.44 bits per heavy atom. The zero-order valence-corrected chi connectivity index (χ0v) is 10.8. The molecule has 0 spiro atoms. The van der Waals surface area contributed by atoms with Gasteiger partial charge in [0, 0.05) is 7.11 Å². The molecule has 5 nitrogen and oxygen atoms in total. The summed E-state index contributed by atoms with van der Waals surface area (Å²) in [5, 5.41) is 2.44. The normalized spacial score (nSPS) is 32.6. The molecule has 2 rings (SSSR count). The van der Waals surface area contributed by atoms with Gasteiger partial charge in [0.15, 0.2) is 0 Å². The van der Waals surface area contributed by atoms with E-state index >= 15 is 0 Å². The number of ketones is 1. The number of hydrogen-bond donors (Lipinski definition) is 1. The number of Topliss-reactive ketones (excluding diaryl/α,β-unsaturated/α-hetero) is 1. The van der Waals surface area contributed by atoms with Crippen LogP contribution in [0.5, 0.6) is 0 Å². The van der Waals surface area contributed by atoms with Crippen molar-refractivity contribution in [2.45, 2.75) is 19.8 Å². The molecule has 0 radical (unpaired) electrons. The molecule has 100 valence electrons. The Balaban J connectivity index is 1.94. The summed E-state index contributed by atoms with van der Waals surface area (Å²) < 4.78 is 9.88. The van der Waals surface area contributed by atoms with Crippen LogP contribution < -0.4 is 5.32 Å². The molecule has 5 heteroatoms. The Kier molecular flexibility index (Phi) is 3.71. The van der Waals surface area contributed by atoms with Gasteiger partial charge in [-0.15, -0.1) is 0 Å². The summed E-state index contributed by atoms with van der Waals surface area (Å²) in [6, 6.07) is 0. The fourth-order valence-electron chi connectivity index (χ4n) is 3.00. The number of nitrogens with one attached hydrogen (secondary N) is 1. The van der Waals surface area contributed by atoms with E-state index in [2.05, 4.69) is 17.5 Å². The van der Waals surface area contributed by atoms with E-state index < -0.39 is 11.5 Å². The van der Waals surface area contributed by atoms with Crippen LogP contribution in [0.3, 0.4) is 0 Å². The number of hydrogen-bond acceptors (Lipinski definition) is 4. The molecule has 1 amide bonds. The summed E-state index contributed by atoms with van der Waals surface area (Å²) in [7, 11) is 1.48. The molecule has 0 aliphatic heterocycles. The maximum atomic E-state index is 11.9. The Morgan fingerprint density at radius 3 is 2.72 bits per heavy atom. The smallest absolute Gasteiger partial charge is 0.408 e. The number of carbonyl (C=O) groups is 2. The van der Waals surface area contributed by atoms with Crippen LogP contribution in [0.15, 0.2) is 12.2 Å². The first-order chi connectivity index (χ1) is 8.58. The Hall–Kier alpha value is -1.36. The van der Waals surface area contributed by atoms with Crippen molar-refractivity contribution in [2.75, 3.05) is 20.4 Å². The highest BCUT2D eigenvalue weighted by Gasteiger charge is 2.52. The van der Waals surface area contributed by atoms with Crippen molar-refractivity contribution >= 4 is 11.9 Å².